The van der Waals surface area contributed by atoms with Gasteiger partial charge >= 0.3 is 0 Å². The highest BCUT2D eigenvalue weighted by Crippen LogP contribution is 2.21. The van der Waals surface area contributed by atoms with Crippen molar-refractivity contribution in [1.29, 1.82) is 5.26 Å². The van der Waals surface area contributed by atoms with E-state index in [2.05, 4.69) is 18.0 Å². The number of methoxy groups -OCH3 is 1. The molecule has 0 bridgehead atoms. The molecule has 0 spiro atoms. The Labute approximate surface area is 129 Å². The summed E-state index contributed by atoms with van der Waals surface area (Å²) in [5, 5.41) is 10.1. The van der Waals surface area contributed by atoms with Crippen molar-refractivity contribution < 1.29 is 9.47 Å². The second-order valence-corrected chi connectivity index (χ2v) is 5.61. The van der Waals surface area contributed by atoms with Crippen LogP contribution in [0.1, 0.15) is 28.9 Å². The number of aromatic nitrogens is 1. The van der Waals surface area contributed by atoms with Gasteiger partial charge in [-0.15, -0.1) is 11.3 Å². The first-order chi connectivity index (χ1) is 10.3. The third kappa shape index (κ3) is 4.20. The fourth-order valence-corrected chi connectivity index (χ4v) is 2.84. The van der Waals surface area contributed by atoms with E-state index in [1.54, 1.807) is 7.11 Å². The van der Waals surface area contributed by atoms with E-state index in [-0.39, 0.29) is 0 Å². The number of nitrogens with zero attached hydrogens (tertiary/aromatic N) is 2. The van der Waals surface area contributed by atoms with Crippen molar-refractivity contribution in [1.82, 2.24) is 4.98 Å². The Kier molecular flexibility index (Phi) is 5.59. The fourth-order valence-electron chi connectivity index (χ4n) is 1.95. The standard InChI is InChI=1S/C16H18N2O2S/c1-3-5-14-15(11-17)21-16(18-14)8-9-20-13-7-4-6-12(10-13)19-2/h4,6-7,10H,3,5,8-9H2,1-2H3. The molecule has 110 valence electrons. The number of benzene rings is 1. The quantitative estimate of drug-likeness (QED) is 0.784. The zero-order chi connectivity index (χ0) is 15.1. The summed E-state index contributed by atoms with van der Waals surface area (Å²) in [5.74, 6) is 1.55. The highest BCUT2D eigenvalue weighted by Gasteiger charge is 2.10. The smallest absolute Gasteiger partial charge is 0.128 e. The molecule has 5 heteroatoms. The molecule has 0 aliphatic heterocycles. The summed E-state index contributed by atoms with van der Waals surface area (Å²) < 4.78 is 10.9. The molecular formula is C16H18N2O2S. The first-order valence-electron chi connectivity index (χ1n) is 6.92. The van der Waals surface area contributed by atoms with Gasteiger partial charge in [-0.2, -0.15) is 5.26 Å². The molecule has 0 aliphatic rings. The highest BCUT2D eigenvalue weighted by molar-refractivity contribution is 7.12. The third-order valence-electron chi connectivity index (χ3n) is 2.96. The van der Waals surface area contributed by atoms with Crippen molar-refractivity contribution in [3.63, 3.8) is 0 Å². The average molecular weight is 302 g/mol. The lowest BCUT2D eigenvalue weighted by molar-refractivity contribution is 0.318. The van der Waals surface area contributed by atoms with Gasteiger partial charge in [0.05, 0.1) is 24.4 Å². The summed E-state index contributed by atoms with van der Waals surface area (Å²) in [7, 11) is 1.63. The van der Waals surface area contributed by atoms with Gasteiger partial charge in [0.2, 0.25) is 0 Å². The number of ether oxygens (including phenoxy) is 2. The van der Waals surface area contributed by atoms with E-state index in [0.717, 1.165) is 39.9 Å². The van der Waals surface area contributed by atoms with E-state index >= 15 is 0 Å². The minimum atomic E-state index is 0.539. The van der Waals surface area contributed by atoms with Crippen LogP contribution in [0.25, 0.3) is 0 Å². The largest absolute Gasteiger partial charge is 0.497 e. The summed E-state index contributed by atoms with van der Waals surface area (Å²) in [5.41, 5.74) is 0.918. The maximum Gasteiger partial charge on any atom is 0.128 e. The van der Waals surface area contributed by atoms with Crippen molar-refractivity contribution >= 4 is 11.3 Å². The summed E-state index contributed by atoms with van der Waals surface area (Å²) in [6.45, 7) is 2.63. The van der Waals surface area contributed by atoms with E-state index in [1.807, 2.05) is 24.3 Å². The van der Waals surface area contributed by atoms with Crippen LogP contribution in [-0.4, -0.2) is 18.7 Å². The van der Waals surface area contributed by atoms with Gasteiger partial charge in [0.25, 0.3) is 0 Å². The van der Waals surface area contributed by atoms with Gasteiger partial charge in [0, 0.05) is 12.5 Å². The van der Waals surface area contributed by atoms with Crippen LogP contribution < -0.4 is 9.47 Å². The SMILES string of the molecule is CCCc1nc(CCOc2cccc(OC)c2)sc1C#N. The summed E-state index contributed by atoms with van der Waals surface area (Å²) in [4.78, 5) is 5.26. The second kappa shape index (κ2) is 7.65. The Bertz CT molecular complexity index is 631. The van der Waals surface area contributed by atoms with Gasteiger partial charge < -0.3 is 9.47 Å². The van der Waals surface area contributed by atoms with Crippen molar-refractivity contribution in [2.24, 2.45) is 0 Å². The Balaban J connectivity index is 1.92. The molecule has 0 fully saturated rings. The first kappa shape index (κ1) is 15.3. The highest BCUT2D eigenvalue weighted by atomic mass is 32.1. The molecular weight excluding hydrogens is 284 g/mol. The van der Waals surface area contributed by atoms with Crippen molar-refractivity contribution in [2.75, 3.05) is 13.7 Å². The Morgan fingerprint density at radius 3 is 2.81 bits per heavy atom. The zero-order valence-electron chi connectivity index (χ0n) is 12.3. The fraction of sp³-hybridized carbons (Fsp3) is 0.375. The maximum absolute atomic E-state index is 9.09. The van der Waals surface area contributed by atoms with Crippen LogP contribution in [0.5, 0.6) is 11.5 Å². The molecule has 0 unspecified atom stereocenters. The summed E-state index contributed by atoms with van der Waals surface area (Å²) in [6.07, 6.45) is 2.56. The number of nitriles is 1. The van der Waals surface area contributed by atoms with Gasteiger partial charge in [-0.25, -0.2) is 4.98 Å². The lowest BCUT2D eigenvalue weighted by Gasteiger charge is -2.06. The molecule has 4 nitrogen and oxygen atoms in total. The van der Waals surface area contributed by atoms with Gasteiger partial charge in [0.15, 0.2) is 0 Å². The van der Waals surface area contributed by atoms with E-state index in [0.29, 0.717) is 13.0 Å². The normalized spacial score (nSPS) is 10.1. The maximum atomic E-state index is 9.09. The van der Waals surface area contributed by atoms with E-state index < -0.39 is 0 Å². The van der Waals surface area contributed by atoms with Crippen LogP contribution in [0.2, 0.25) is 0 Å². The van der Waals surface area contributed by atoms with Crippen molar-refractivity contribution in [3.05, 3.63) is 39.8 Å². The van der Waals surface area contributed by atoms with E-state index in [4.69, 9.17) is 14.7 Å². The third-order valence-corrected chi connectivity index (χ3v) is 4.02. The molecule has 1 aromatic heterocycles. The van der Waals surface area contributed by atoms with Crippen LogP contribution in [0.15, 0.2) is 24.3 Å². The lowest BCUT2D eigenvalue weighted by atomic mass is 10.2. The topological polar surface area (TPSA) is 55.1 Å². The number of hydrogen-bond donors (Lipinski definition) is 0. The molecule has 0 saturated heterocycles. The van der Waals surface area contributed by atoms with Gasteiger partial charge in [-0.1, -0.05) is 19.4 Å². The van der Waals surface area contributed by atoms with E-state index in [9.17, 15) is 0 Å². The number of hydrogen-bond acceptors (Lipinski definition) is 5. The Morgan fingerprint density at radius 1 is 1.29 bits per heavy atom. The molecule has 0 N–H and O–H groups in total. The molecule has 21 heavy (non-hydrogen) atoms. The predicted molar refractivity (Wildman–Crippen MR) is 83.0 cm³/mol. The van der Waals surface area contributed by atoms with Gasteiger partial charge in [0.1, 0.15) is 22.4 Å². The Hall–Kier alpha value is -2.06. The van der Waals surface area contributed by atoms with Gasteiger partial charge in [-0.3, -0.25) is 0 Å². The molecule has 0 atom stereocenters. The number of aryl methyl sites for hydroxylation is 1. The number of thiazole rings is 1. The van der Waals surface area contributed by atoms with Crippen molar-refractivity contribution in [3.8, 4) is 17.6 Å². The molecule has 0 aliphatic carbocycles. The van der Waals surface area contributed by atoms with E-state index in [1.165, 1.54) is 11.3 Å². The summed E-state index contributed by atoms with van der Waals surface area (Å²) >= 11 is 1.47. The molecule has 0 amide bonds. The number of rotatable bonds is 7. The van der Waals surface area contributed by atoms with Gasteiger partial charge in [-0.05, 0) is 18.6 Å². The van der Waals surface area contributed by atoms with Crippen molar-refractivity contribution in [2.45, 2.75) is 26.2 Å². The predicted octanol–water partition coefficient (Wildman–Crippen LogP) is 3.60. The van der Waals surface area contributed by atoms with Crippen LogP contribution in [0.3, 0.4) is 0 Å². The second-order valence-electron chi connectivity index (χ2n) is 4.52. The average Bonchev–Trinajstić information content (AvgIpc) is 2.90. The molecule has 1 heterocycles. The minimum absolute atomic E-state index is 0.539. The molecule has 2 aromatic rings. The lowest BCUT2D eigenvalue weighted by Crippen LogP contribution is -2.01. The first-order valence-corrected chi connectivity index (χ1v) is 7.74. The molecule has 2 rings (SSSR count). The molecule has 0 saturated carbocycles. The minimum Gasteiger partial charge on any atom is -0.497 e. The Morgan fingerprint density at radius 2 is 2.10 bits per heavy atom. The zero-order valence-corrected chi connectivity index (χ0v) is 13.1. The molecule has 1 aromatic carbocycles. The van der Waals surface area contributed by atoms with Crippen LogP contribution >= 0.6 is 11.3 Å². The van der Waals surface area contributed by atoms with Crippen LogP contribution in [0, 0.1) is 11.3 Å². The van der Waals surface area contributed by atoms with Crippen LogP contribution in [0.4, 0.5) is 0 Å². The molecule has 0 radical (unpaired) electrons. The monoisotopic (exact) mass is 302 g/mol. The summed E-state index contributed by atoms with van der Waals surface area (Å²) in [6, 6.07) is 9.74. The van der Waals surface area contributed by atoms with Crippen LogP contribution in [-0.2, 0) is 12.8 Å².